The highest BCUT2D eigenvalue weighted by atomic mass is 79.9. The fourth-order valence-electron chi connectivity index (χ4n) is 2.24. The van der Waals surface area contributed by atoms with E-state index in [1.54, 1.807) is 0 Å². The van der Waals surface area contributed by atoms with Crippen LogP contribution in [0.1, 0.15) is 31.7 Å². The summed E-state index contributed by atoms with van der Waals surface area (Å²) >= 11 is 3.47. The molecule has 2 atom stereocenters. The third-order valence-corrected chi connectivity index (χ3v) is 4.22. The first-order valence-corrected chi connectivity index (χ1v) is 8.14. The fraction of sp³-hybridized carbons (Fsp3) is 0.625. The molecule has 112 valence electrons. The second-order valence-electron chi connectivity index (χ2n) is 5.89. The molecule has 1 aromatic carbocycles. The minimum absolute atomic E-state index is 0.310. The molecule has 0 radical (unpaired) electrons. The van der Waals surface area contributed by atoms with Gasteiger partial charge in [-0.25, -0.2) is 0 Å². The minimum atomic E-state index is -0.482. The van der Waals surface area contributed by atoms with Crippen LogP contribution in [0.3, 0.4) is 0 Å². The number of rotatable bonds is 8. The van der Waals surface area contributed by atoms with E-state index in [-0.39, 0.29) is 0 Å². The number of ether oxygens (including phenoxy) is 1. The third kappa shape index (κ3) is 5.43. The van der Waals surface area contributed by atoms with Gasteiger partial charge in [-0.15, -0.1) is 0 Å². The van der Waals surface area contributed by atoms with Crippen LogP contribution >= 0.6 is 15.9 Å². The lowest BCUT2D eigenvalue weighted by atomic mass is 10.1. The Morgan fingerprint density at radius 3 is 2.85 bits per heavy atom. The number of aryl methyl sites for hydroxylation is 1. The SMILES string of the molecule is Cc1ccc(OCC(O)CNC(C)CC2CC2)c(Br)c1. The molecular formula is C16H24BrNO2. The molecule has 0 aromatic heterocycles. The molecule has 3 nitrogen and oxygen atoms in total. The molecule has 1 aromatic rings. The summed E-state index contributed by atoms with van der Waals surface area (Å²) in [5.41, 5.74) is 1.18. The van der Waals surface area contributed by atoms with E-state index in [9.17, 15) is 5.11 Å². The Labute approximate surface area is 129 Å². The van der Waals surface area contributed by atoms with Gasteiger partial charge in [0.1, 0.15) is 18.5 Å². The van der Waals surface area contributed by atoms with Gasteiger partial charge in [-0.1, -0.05) is 18.9 Å². The van der Waals surface area contributed by atoms with E-state index in [1.807, 2.05) is 25.1 Å². The van der Waals surface area contributed by atoms with Gasteiger partial charge in [0.2, 0.25) is 0 Å². The first-order valence-electron chi connectivity index (χ1n) is 7.35. The van der Waals surface area contributed by atoms with Crippen molar-refractivity contribution in [2.24, 2.45) is 5.92 Å². The summed E-state index contributed by atoms with van der Waals surface area (Å²) in [6.07, 6.45) is 3.49. The van der Waals surface area contributed by atoms with E-state index in [1.165, 1.54) is 24.8 Å². The Morgan fingerprint density at radius 1 is 1.45 bits per heavy atom. The van der Waals surface area contributed by atoms with Gasteiger partial charge < -0.3 is 15.2 Å². The predicted molar refractivity (Wildman–Crippen MR) is 85.2 cm³/mol. The molecule has 0 saturated heterocycles. The van der Waals surface area contributed by atoms with E-state index < -0.39 is 6.10 Å². The number of nitrogens with one attached hydrogen (secondary N) is 1. The minimum Gasteiger partial charge on any atom is -0.490 e. The molecule has 1 aliphatic rings. The lowest BCUT2D eigenvalue weighted by molar-refractivity contribution is 0.103. The van der Waals surface area contributed by atoms with Crippen molar-refractivity contribution in [1.29, 1.82) is 0 Å². The summed E-state index contributed by atoms with van der Waals surface area (Å²) in [4.78, 5) is 0. The molecule has 0 heterocycles. The van der Waals surface area contributed by atoms with Crippen LogP contribution in [0, 0.1) is 12.8 Å². The molecule has 2 rings (SSSR count). The highest BCUT2D eigenvalue weighted by molar-refractivity contribution is 9.10. The average Bonchev–Trinajstić information content (AvgIpc) is 3.19. The van der Waals surface area contributed by atoms with Gasteiger partial charge in [0.05, 0.1) is 4.47 Å². The normalized spacial score (nSPS) is 17.8. The summed E-state index contributed by atoms with van der Waals surface area (Å²) in [7, 11) is 0. The maximum atomic E-state index is 9.95. The Bertz CT molecular complexity index is 434. The molecule has 0 amide bonds. The highest BCUT2D eigenvalue weighted by Gasteiger charge is 2.23. The molecule has 1 aliphatic carbocycles. The summed E-state index contributed by atoms with van der Waals surface area (Å²) in [5.74, 6) is 1.69. The first kappa shape index (κ1) is 15.8. The zero-order chi connectivity index (χ0) is 14.5. The van der Waals surface area contributed by atoms with E-state index >= 15 is 0 Å². The molecule has 0 spiro atoms. The van der Waals surface area contributed by atoms with Crippen LogP contribution in [-0.4, -0.2) is 30.4 Å². The van der Waals surface area contributed by atoms with Crippen LogP contribution in [0.2, 0.25) is 0 Å². The summed E-state index contributed by atoms with van der Waals surface area (Å²) in [5, 5.41) is 13.3. The Morgan fingerprint density at radius 2 is 2.20 bits per heavy atom. The fourth-order valence-corrected chi connectivity index (χ4v) is 2.85. The van der Waals surface area contributed by atoms with Crippen molar-refractivity contribution < 1.29 is 9.84 Å². The number of aliphatic hydroxyl groups is 1. The summed E-state index contributed by atoms with van der Waals surface area (Å²) < 4.78 is 6.57. The van der Waals surface area contributed by atoms with Crippen LogP contribution in [0.25, 0.3) is 0 Å². The van der Waals surface area contributed by atoms with Gasteiger partial charge >= 0.3 is 0 Å². The van der Waals surface area contributed by atoms with Crippen molar-refractivity contribution in [3.63, 3.8) is 0 Å². The van der Waals surface area contributed by atoms with Crippen molar-refractivity contribution in [3.05, 3.63) is 28.2 Å². The Balaban J connectivity index is 1.67. The van der Waals surface area contributed by atoms with E-state index in [4.69, 9.17) is 4.74 Å². The van der Waals surface area contributed by atoms with E-state index in [0.717, 1.165) is 16.1 Å². The van der Waals surface area contributed by atoms with Gasteiger partial charge in [0.15, 0.2) is 0 Å². The molecule has 0 bridgehead atoms. The molecule has 1 fully saturated rings. The van der Waals surface area contributed by atoms with Crippen molar-refractivity contribution >= 4 is 15.9 Å². The molecule has 20 heavy (non-hydrogen) atoms. The zero-order valence-corrected chi connectivity index (χ0v) is 13.8. The van der Waals surface area contributed by atoms with Gasteiger partial charge in [-0.3, -0.25) is 0 Å². The lowest BCUT2D eigenvalue weighted by Crippen LogP contribution is -2.36. The van der Waals surface area contributed by atoms with Crippen molar-refractivity contribution in [1.82, 2.24) is 5.32 Å². The average molecular weight is 342 g/mol. The number of benzene rings is 1. The van der Waals surface area contributed by atoms with Crippen molar-refractivity contribution in [2.75, 3.05) is 13.2 Å². The molecule has 1 saturated carbocycles. The Kier molecular flexibility index (Phi) is 5.87. The highest BCUT2D eigenvalue weighted by Crippen LogP contribution is 2.33. The predicted octanol–water partition coefficient (Wildman–Crippen LogP) is 3.28. The molecule has 0 aliphatic heterocycles. The lowest BCUT2D eigenvalue weighted by Gasteiger charge is -2.18. The van der Waals surface area contributed by atoms with Crippen molar-refractivity contribution in [2.45, 2.75) is 45.3 Å². The molecule has 4 heteroatoms. The maximum Gasteiger partial charge on any atom is 0.133 e. The second kappa shape index (κ2) is 7.43. The smallest absolute Gasteiger partial charge is 0.133 e. The standard InChI is InChI=1S/C16H24BrNO2/c1-11-3-6-16(15(17)7-11)20-10-14(19)9-18-12(2)8-13-4-5-13/h3,6-7,12-14,18-19H,4-5,8-10H2,1-2H3. The summed E-state index contributed by atoms with van der Waals surface area (Å²) in [6.45, 7) is 5.11. The summed E-state index contributed by atoms with van der Waals surface area (Å²) in [6, 6.07) is 6.42. The second-order valence-corrected chi connectivity index (χ2v) is 6.74. The van der Waals surface area contributed by atoms with E-state index in [2.05, 4.69) is 28.2 Å². The molecule has 2 N–H and O–H groups in total. The number of hydrogen-bond donors (Lipinski definition) is 2. The zero-order valence-electron chi connectivity index (χ0n) is 12.2. The topological polar surface area (TPSA) is 41.5 Å². The number of aliphatic hydroxyl groups excluding tert-OH is 1. The molecule has 2 unspecified atom stereocenters. The van der Waals surface area contributed by atoms with Gasteiger partial charge in [-0.05, 0) is 59.8 Å². The van der Waals surface area contributed by atoms with E-state index in [0.29, 0.717) is 19.2 Å². The largest absolute Gasteiger partial charge is 0.490 e. The van der Waals surface area contributed by atoms with Gasteiger partial charge in [-0.2, -0.15) is 0 Å². The number of hydrogen-bond acceptors (Lipinski definition) is 3. The van der Waals surface area contributed by atoms with Gasteiger partial charge in [0.25, 0.3) is 0 Å². The van der Waals surface area contributed by atoms with Crippen LogP contribution in [-0.2, 0) is 0 Å². The van der Waals surface area contributed by atoms with Crippen LogP contribution in [0.4, 0.5) is 0 Å². The van der Waals surface area contributed by atoms with Crippen LogP contribution < -0.4 is 10.1 Å². The van der Waals surface area contributed by atoms with Crippen LogP contribution in [0.15, 0.2) is 22.7 Å². The third-order valence-electron chi connectivity index (χ3n) is 3.60. The van der Waals surface area contributed by atoms with Crippen molar-refractivity contribution in [3.8, 4) is 5.75 Å². The first-order chi connectivity index (χ1) is 9.54. The molecular weight excluding hydrogens is 318 g/mol. The number of halogens is 1. The monoisotopic (exact) mass is 341 g/mol. The van der Waals surface area contributed by atoms with Gasteiger partial charge in [0, 0.05) is 12.6 Å². The quantitative estimate of drug-likeness (QED) is 0.762. The maximum absolute atomic E-state index is 9.95. The Hall–Kier alpha value is -0.580. The van der Waals surface area contributed by atoms with Crippen LogP contribution in [0.5, 0.6) is 5.75 Å².